The fourth-order valence-corrected chi connectivity index (χ4v) is 4.38. The van der Waals surface area contributed by atoms with Crippen molar-refractivity contribution in [2.24, 2.45) is 0 Å². The molecule has 0 unspecified atom stereocenters. The molecule has 1 N–H and O–H groups in total. The summed E-state index contributed by atoms with van der Waals surface area (Å²) in [6.07, 6.45) is 0. The molecule has 0 saturated carbocycles. The second-order valence-electron chi connectivity index (χ2n) is 3.97. The molecule has 0 saturated heterocycles. The first-order valence-electron chi connectivity index (χ1n) is 6.36. The Labute approximate surface area is 119 Å². The highest BCUT2D eigenvalue weighted by atomic mass is 32.2. The Hall–Kier alpha value is -0.470. The van der Waals surface area contributed by atoms with Gasteiger partial charge >= 0.3 is 0 Å². The summed E-state index contributed by atoms with van der Waals surface area (Å²) in [6, 6.07) is 1.74. The van der Waals surface area contributed by atoms with Gasteiger partial charge in [-0.1, -0.05) is 6.92 Å². The standard InChI is InChI=1S/C12H22N2O3S2/c1-4-14(6-7-17-5-2)19(15,16)12-8-11(9-13-3)18-10-12/h8,10,13H,4-7,9H2,1-3H3. The van der Waals surface area contributed by atoms with Gasteiger partial charge in [-0.05, 0) is 20.0 Å². The molecule has 0 fully saturated rings. The van der Waals surface area contributed by atoms with Crippen LogP contribution in [0.2, 0.25) is 0 Å². The third kappa shape index (κ3) is 4.54. The average Bonchev–Trinajstić information content (AvgIpc) is 2.84. The topological polar surface area (TPSA) is 58.6 Å². The highest BCUT2D eigenvalue weighted by molar-refractivity contribution is 7.89. The van der Waals surface area contributed by atoms with Crippen molar-refractivity contribution >= 4 is 21.4 Å². The van der Waals surface area contributed by atoms with Crippen molar-refractivity contribution in [3.8, 4) is 0 Å². The van der Waals surface area contributed by atoms with E-state index in [4.69, 9.17) is 4.74 Å². The molecule has 1 aromatic rings. The summed E-state index contributed by atoms with van der Waals surface area (Å²) in [5.41, 5.74) is 0. The lowest BCUT2D eigenvalue weighted by Gasteiger charge is -2.19. The summed E-state index contributed by atoms with van der Waals surface area (Å²) in [5.74, 6) is 0. The number of nitrogens with zero attached hydrogens (tertiary/aromatic N) is 1. The van der Waals surface area contributed by atoms with E-state index >= 15 is 0 Å². The van der Waals surface area contributed by atoms with Crippen LogP contribution in [-0.4, -0.2) is 46.1 Å². The maximum Gasteiger partial charge on any atom is 0.243 e. The number of rotatable bonds is 9. The van der Waals surface area contributed by atoms with Crippen LogP contribution < -0.4 is 5.32 Å². The lowest BCUT2D eigenvalue weighted by molar-refractivity contribution is 0.135. The SMILES string of the molecule is CCOCCN(CC)S(=O)(=O)c1csc(CNC)c1. The van der Waals surface area contributed by atoms with Crippen molar-refractivity contribution in [2.45, 2.75) is 25.3 Å². The van der Waals surface area contributed by atoms with Crippen LogP contribution in [0.3, 0.4) is 0 Å². The highest BCUT2D eigenvalue weighted by Gasteiger charge is 2.23. The van der Waals surface area contributed by atoms with Gasteiger partial charge in [0.2, 0.25) is 10.0 Å². The molecular weight excluding hydrogens is 284 g/mol. The Kier molecular flexibility index (Phi) is 6.95. The average molecular weight is 306 g/mol. The second-order valence-corrected chi connectivity index (χ2v) is 6.91. The zero-order valence-electron chi connectivity index (χ0n) is 11.7. The molecule has 7 heteroatoms. The van der Waals surface area contributed by atoms with E-state index < -0.39 is 10.0 Å². The summed E-state index contributed by atoms with van der Waals surface area (Å²) in [4.78, 5) is 1.39. The molecule has 0 aromatic carbocycles. The van der Waals surface area contributed by atoms with E-state index in [1.165, 1.54) is 15.6 Å². The van der Waals surface area contributed by atoms with Crippen molar-refractivity contribution in [1.29, 1.82) is 0 Å². The van der Waals surface area contributed by atoms with Crippen LogP contribution in [0.15, 0.2) is 16.3 Å². The van der Waals surface area contributed by atoms with Crippen LogP contribution in [0.1, 0.15) is 18.7 Å². The highest BCUT2D eigenvalue weighted by Crippen LogP contribution is 2.22. The van der Waals surface area contributed by atoms with Crippen LogP contribution in [0, 0.1) is 0 Å². The van der Waals surface area contributed by atoms with Crippen molar-refractivity contribution in [2.75, 3.05) is 33.4 Å². The number of likely N-dealkylation sites (N-methyl/N-ethyl adjacent to an activating group) is 1. The van der Waals surface area contributed by atoms with Gasteiger partial charge in [-0.3, -0.25) is 0 Å². The Morgan fingerprint density at radius 3 is 2.74 bits per heavy atom. The normalized spacial score (nSPS) is 12.2. The van der Waals surface area contributed by atoms with Gasteiger partial charge in [0, 0.05) is 36.5 Å². The summed E-state index contributed by atoms with van der Waals surface area (Å²) in [5, 5.41) is 4.72. The minimum absolute atomic E-state index is 0.376. The predicted molar refractivity (Wildman–Crippen MR) is 78.0 cm³/mol. The molecule has 1 heterocycles. The summed E-state index contributed by atoms with van der Waals surface area (Å²) < 4.78 is 31.5. The number of thiophene rings is 1. The minimum Gasteiger partial charge on any atom is -0.380 e. The fraction of sp³-hybridized carbons (Fsp3) is 0.667. The van der Waals surface area contributed by atoms with Gasteiger partial charge in [-0.2, -0.15) is 4.31 Å². The van der Waals surface area contributed by atoms with Gasteiger partial charge in [-0.25, -0.2) is 8.42 Å². The first kappa shape index (κ1) is 16.6. The van der Waals surface area contributed by atoms with Crippen molar-refractivity contribution in [3.63, 3.8) is 0 Å². The molecule has 0 atom stereocenters. The molecule has 5 nitrogen and oxygen atoms in total. The Morgan fingerprint density at radius 2 is 2.16 bits per heavy atom. The van der Waals surface area contributed by atoms with Crippen molar-refractivity contribution in [1.82, 2.24) is 9.62 Å². The van der Waals surface area contributed by atoms with E-state index in [2.05, 4.69) is 5.32 Å². The molecule has 0 amide bonds. The van der Waals surface area contributed by atoms with E-state index in [1.807, 2.05) is 20.9 Å². The lowest BCUT2D eigenvalue weighted by atomic mass is 10.5. The maximum atomic E-state index is 12.4. The first-order chi connectivity index (χ1) is 9.06. The van der Waals surface area contributed by atoms with E-state index in [-0.39, 0.29) is 0 Å². The fourth-order valence-electron chi connectivity index (χ4n) is 1.67. The van der Waals surface area contributed by atoms with Gasteiger partial charge in [0.05, 0.1) is 11.5 Å². The molecule has 0 aliphatic carbocycles. The number of hydrogen-bond donors (Lipinski definition) is 1. The van der Waals surface area contributed by atoms with Crippen LogP contribution in [0.4, 0.5) is 0 Å². The molecule has 110 valence electrons. The van der Waals surface area contributed by atoms with E-state index in [1.54, 1.807) is 11.4 Å². The predicted octanol–water partition coefficient (Wildman–Crippen LogP) is 1.51. The third-order valence-corrected chi connectivity index (χ3v) is 5.70. The Morgan fingerprint density at radius 1 is 1.42 bits per heavy atom. The molecule has 0 spiro atoms. The van der Waals surface area contributed by atoms with Crippen LogP contribution >= 0.6 is 11.3 Å². The molecule has 0 aliphatic rings. The number of ether oxygens (including phenoxy) is 1. The monoisotopic (exact) mass is 306 g/mol. The largest absolute Gasteiger partial charge is 0.380 e. The zero-order chi connectivity index (χ0) is 14.3. The second kappa shape index (κ2) is 7.96. The Balaban J connectivity index is 2.80. The molecular formula is C12H22N2O3S2. The minimum atomic E-state index is -3.39. The van der Waals surface area contributed by atoms with E-state index in [9.17, 15) is 8.42 Å². The number of sulfonamides is 1. The smallest absolute Gasteiger partial charge is 0.243 e. The zero-order valence-corrected chi connectivity index (χ0v) is 13.3. The maximum absolute atomic E-state index is 12.4. The number of nitrogens with one attached hydrogen (secondary N) is 1. The van der Waals surface area contributed by atoms with Crippen LogP contribution in [0.25, 0.3) is 0 Å². The van der Waals surface area contributed by atoms with Crippen molar-refractivity contribution in [3.05, 3.63) is 16.3 Å². The van der Waals surface area contributed by atoms with Crippen molar-refractivity contribution < 1.29 is 13.2 Å². The quantitative estimate of drug-likeness (QED) is 0.703. The van der Waals surface area contributed by atoms with Crippen LogP contribution in [-0.2, 0) is 21.3 Å². The summed E-state index contributed by atoms with van der Waals surface area (Å²) in [6.45, 7) is 6.29. The molecule has 0 bridgehead atoms. The Bertz CT molecular complexity index is 471. The molecule has 0 radical (unpaired) electrons. The first-order valence-corrected chi connectivity index (χ1v) is 8.68. The van der Waals surface area contributed by atoms with Gasteiger partial charge in [0.15, 0.2) is 0 Å². The molecule has 0 aliphatic heterocycles. The molecule has 1 rings (SSSR count). The van der Waals surface area contributed by atoms with Gasteiger partial charge < -0.3 is 10.1 Å². The van der Waals surface area contributed by atoms with E-state index in [0.29, 0.717) is 37.7 Å². The number of hydrogen-bond acceptors (Lipinski definition) is 5. The summed E-state index contributed by atoms with van der Waals surface area (Å²) in [7, 11) is -1.55. The van der Waals surface area contributed by atoms with E-state index in [0.717, 1.165) is 4.88 Å². The molecule has 19 heavy (non-hydrogen) atoms. The van der Waals surface area contributed by atoms with Crippen LogP contribution in [0.5, 0.6) is 0 Å². The van der Waals surface area contributed by atoms with Gasteiger partial charge in [0.1, 0.15) is 0 Å². The third-order valence-electron chi connectivity index (χ3n) is 2.66. The van der Waals surface area contributed by atoms with Gasteiger partial charge in [0.25, 0.3) is 0 Å². The lowest BCUT2D eigenvalue weighted by Crippen LogP contribution is -2.33. The molecule has 1 aromatic heterocycles. The van der Waals surface area contributed by atoms with Gasteiger partial charge in [-0.15, -0.1) is 11.3 Å². The summed E-state index contributed by atoms with van der Waals surface area (Å²) >= 11 is 1.46.